The normalized spacial score (nSPS) is 17.6. The van der Waals surface area contributed by atoms with Crippen LogP contribution in [0.1, 0.15) is 70.4 Å². The van der Waals surface area contributed by atoms with Gasteiger partial charge in [0.15, 0.2) is 0 Å². The topological polar surface area (TPSA) is 61.6 Å². The maximum Gasteiger partial charge on any atom is 0.417 e. The van der Waals surface area contributed by atoms with Crippen molar-refractivity contribution in [3.63, 3.8) is 0 Å². The number of halogens is 3. The Hall–Kier alpha value is -4.07. The highest BCUT2D eigenvalue weighted by molar-refractivity contribution is 5.77. The molecule has 0 fully saturated rings. The Bertz CT molecular complexity index is 1620. The van der Waals surface area contributed by atoms with E-state index < -0.39 is 11.7 Å². The highest BCUT2D eigenvalue weighted by Crippen LogP contribution is 2.47. The molecule has 0 spiro atoms. The Morgan fingerprint density at radius 1 is 0.976 bits per heavy atom. The maximum atomic E-state index is 14.2. The monoisotopic (exact) mass is 575 g/mol. The zero-order chi connectivity index (χ0) is 29.6. The van der Waals surface area contributed by atoms with E-state index in [0.717, 1.165) is 64.1 Å². The van der Waals surface area contributed by atoms with E-state index in [2.05, 4.69) is 11.2 Å². The lowest BCUT2D eigenvalue weighted by molar-refractivity contribution is -0.141. The van der Waals surface area contributed by atoms with E-state index in [1.54, 1.807) is 18.2 Å². The molecule has 2 atom stereocenters. The summed E-state index contributed by atoms with van der Waals surface area (Å²) in [5.41, 5.74) is 6.66. The average Bonchev–Trinajstić information content (AvgIpc) is 3.67. The number of fused-ring (bicyclic) bond motifs is 2. The minimum absolute atomic E-state index is 0.0112. The van der Waals surface area contributed by atoms with Crippen LogP contribution >= 0.6 is 0 Å². The molecule has 5 nitrogen and oxygen atoms in total. The van der Waals surface area contributed by atoms with Crippen LogP contribution in [-0.4, -0.2) is 24.8 Å². The van der Waals surface area contributed by atoms with Gasteiger partial charge in [-0.2, -0.15) is 13.2 Å². The third kappa shape index (κ3) is 5.19. The number of carbonyl (C=O) groups is 1. The molecule has 0 saturated heterocycles. The summed E-state index contributed by atoms with van der Waals surface area (Å²) < 4.78 is 58.7. The lowest BCUT2D eigenvalue weighted by Crippen LogP contribution is -2.09. The van der Waals surface area contributed by atoms with Crippen molar-refractivity contribution in [1.29, 1.82) is 0 Å². The van der Waals surface area contributed by atoms with Crippen LogP contribution in [0.5, 0.6) is 5.75 Å². The Morgan fingerprint density at radius 3 is 2.36 bits per heavy atom. The van der Waals surface area contributed by atoms with E-state index in [0.29, 0.717) is 24.4 Å². The summed E-state index contributed by atoms with van der Waals surface area (Å²) in [6.45, 7) is 4.13. The van der Waals surface area contributed by atoms with Crippen molar-refractivity contribution in [2.45, 2.75) is 64.0 Å². The van der Waals surface area contributed by atoms with Gasteiger partial charge in [0.2, 0.25) is 0 Å². The SMILES string of the molecule is COC(=O)C[C@@H]1COc2cc(CC[C@@H]3CCc4c3ccc(C(F)(F)F)c4-c3ccc(-c4c(C)noc4C)cc3)ccc21. The van der Waals surface area contributed by atoms with Crippen LogP contribution in [0.3, 0.4) is 0 Å². The first-order valence-electron chi connectivity index (χ1n) is 14.2. The molecule has 2 aliphatic rings. The summed E-state index contributed by atoms with van der Waals surface area (Å²) in [6, 6.07) is 16.3. The van der Waals surface area contributed by atoms with Crippen molar-refractivity contribution >= 4 is 5.97 Å². The summed E-state index contributed by atoms with van der Waals surface area (Å²) in [5.74, 6) is 1.37. The number of methoxy groups -OCH3 is 1. The first-order chi connectivity index (χ1) is 20.1. The molecule has 4 aromatic rings. The second-order valence-electron chi connectivity index (χ2n) is 11.3. The van der Waals surface area contributed by atoms with Crippen LogP contribution in [0.25, 0.3) is 22.3 Å². The van der Waals surface area contributed by atoms with Gasteiger partial charge < -0.3 is 14.0 Å². The summed E-state index contributed by atoms with van der Waals surface area (Å²) >= 11 is 0. The second kappa shape index (κ2) is 11.0. The quantitative estimate of drug-likeness (QED) is 0.207. The molecule has 42 heavy (non-hydrogen) atoms. The standard InChI is InChI=1S/C34H32F3NO4/c1-19-32(20(2)42-38-19)23-7-9-24(10-8-23)33-28-13-11-22(26(28)14-15-29(33)34(35,36)37)6-4-21-5-12-27-25(17-31(39)40-3)18-41-30(27)16-21/h5,7-10,12,14-16,22,25H,4,6,11,13,17-18H2,1-3H3/t22-,25-/m1/s1. The van der Waals surface area contributed by atoms with Gasteiger partial charge in [0.1, 0.15) is 11.5 Å². The van der Waals surface area contributed by atoms with Crippen molar-refractivity contribution in [1.82, 2.24) is 5.16 Å². The number of hydrogen-bond donors (Lipinski definition) is 0. The van der Waals surface area contributed by atoms with Gasteiger partial charge in [0, 0.05) is 17.0 Å². The minimum atomic E-state index is -4.46. The molecule has 8 heteroatoms. The highest BCUT2D eigenvalue weighted by Gasteiger charge is 2.37. The van der Waals surface area contributed by atoms with E-state index in [1.807, 2.05) is 38.1 Å². The number of nitrogens with zero attached hydrogens (tertiary/aromatic N) is 1. The molecular weight excluding hydrogens is 543 g/mol. The van der Waals surface area contributed by atoms with Gasteiger partial charge in [0.05, 0.1) is 31.4 Å². The number of ether oxygens (including phenoxy) is 2. The third-order valence-electron chi connectivity index (χ3n) is 8.71. The largest absolute Gasteiger partial charge is 0.493 e. The molecule has 1 aliphatic heterocycles. The Labute approximate surface area is 242 Å². The van der Waals surface area contributed by atoms with Gasteiger partial charge in [0.25, 0.3) is 0 Å². The summed E-state index contributed by atoms with van der Waals surface area (Å²) in [7, 11) is 1.38. The molecule has 0 amide bonds. The van der Waals surface area contributed by atoms with Crippen molar-refractivity contribution in [2.24, 2.45) is 0 Å². The van der Waals surface area contributed by atoms with E-state index in [1.165, 1.54) is 13.2 Å². The molecule has 2 heterocycles. The number of esters is 1. The minimum Gasteiger partial charge on any atom is -0.493 e. The number of alkyl halides is 3. The second-order valence-corrected chi connectivity index (χ2v) is 11.3. The zero-order valence-corrected chi connectivity index (χ0v) is 23.8. The smallest absolute Gasteiger partial charge is 0.417 e. The molecule has 0 unspecified atom stereocenters. The van der Waals surface area contributed by atoms with Gasteiger partial charge in [-0.1, -0.05) is 47.6 Å². The highest BCUT2D eigenvalue weighted by atomic mass is 19.4. The first kappa shape index (κ1) is 28.1. The van der Waals surface area contributed by atoms with Crippen LogP contribution in [0.15, 0.2) is 59.1 Å². The molecule has 0 bridgehead atoms. The third-order valence-corrected chi connectivity index (χ3v) is 8.71. The first-order valence-corrected chi connectivity index (χ1v) is 14.2. The van der Waals surface area contributed by atoms with Crippen molar-refractivity contribution in [3.05, 3.63) is 93.9 Å². The maximum absolute atomic E-state index is 14.2. The van der Waals surface area contributed by atoms with E-state index in [-0.39, 0.29) is 29.8 Å². The number of aryl methyl sites for hydroxylation is 3. The average molecular weight is 576 g/mol. The van der Waals surface area contributed by atoms with Crippen LogP contribution in [0, 0.1) is 13.8 Å². The molecule has 0 saturated carbocycles. The lowest BCUT2D eigenvalue weighted by Gasteiger charge is -2.19. The van der Waals surface area contributed by atoms with Crippen molar-refractivity contribution in [2.75, 3.05) is 13.7 Å². The molecule has 1 aliphatic carbocycles. The van der Waals surface area contributed by atoms with Gasteiger partial charge >= 0.3 is 12.1 Å². The predicted octanol–water partition coefficient (Wildman–Crippen LogP) is 8.35. The summed E-state index contributed by atoms with van der Waals surface area (Å²) in [4.78, 5) is 11.7. The van der Waals surface area contributed by atoms with Crippen molar-refractivity contribution in [3.8, 4) is 28.0 Å². The van der Waals surface area contributed by atoms with E-state index in [4.69, 9.17) is 14.0 Å². The van der Waals surface area contributed by atoms with Crippen LogP contribution in [0.2, 0.25) is 0 Å². The Balaban J connectivity index is 1.25. The molecular formula is C34H32F3NO4. The molecule has 3 aromatic carbocycles. The summed E-state index contributed by atoms with van der Waals surface area (Å²) in [5, 5.41) is 4.00. The molecule has 0 radical (unpaired) electrons. The van der Waals surface area contributed by atoms with Gasteiger partial charge in [-0.15, -0.1) is 0 Å². The Morgan fingerprint density at radius 2 is 1.69 bits per heavy atom. The van der Waals surface area contributed by atoms with Crippen LogP contribution < -0.4 is 4.74 Å². The molecule has 218 valence electrons. The molecule has 6 rings (SSSR count). The number of hydrogen-bond acceptors (Lipinski definition) is 5. The zero-order valence-electron chi connectivity index (χ0n) is 23.8. The van der Waals surface area contributed by atoms with Gasteiger partial charge in [-0.05, 0) is 91.0 Å². The van der Waals surface area contributed by atoms with E-state index in [9.17, 15) is 18.0 Å². The van der Waals surface area contributed by atoms with Gasteiger partial charge in [-0.25, -0.2) is 0 Å². The number of carbonyl (C=O) groups excluding carboxylic acids is 1. The van der Waals surface area contributed by atoms with Crippen LogP contribution in [-0.2, 0) is 28.5 Å². The van der Waals surface area contributed by atoms with Crippen molar-refractivity contribution < 1.29 is 32.0 Å². The van der Waals surface area contributed by atoms with Crippen LogP contribution in [0.4, 0.5) is 13.2 Å². The molecule has 1 aromatic heterocycles. The van der Waals surface area contributed by atoms with Gasteiger partial charge in [-0.3, -0.25) is 4.79 Å². The summed E-state index contributed by atoms with van der Waals surface area (Å²) in [6.07, 6.45) is -1.15. The fourth-order valence-electron chi connectivity index (χ4n) is 6.63. The predicted molar refractivity (Wildman–Crippen MR) is 153 cm³/mol. The molecule has 0 N–H and O–H groups in total. The number of rotatable bonds is 7. The Kier molecular flexibility index (Phi) is 7.33. The lowest BCUT2D eigenvalue weighted by atomic mass is 9.88. The number of benzene rings is 3. The fraction of sp³-hybridized carbons (Fsp3) is 0.353. The van der Waals surface area contributed by atoms with E-state index >= 15 is 0 Å². The number of aromatic nitrogens is 1. The fourth-order valence-corrected chi connectivity index (χ4v) is 6.63.